The van der Waals surface area contributed by atoms with Gasteiger partial charge in [-0.05, 0) is 45.7 Å². The molecule has 1 unspecified atom stereocenters. The molecule has 0 saturated carbocycles. The van der Waals surface area contributed by atoms with Crippen molar-refractivity contribution in [3.8, 4) is 0 Å². The second kappa shape index (κ2) is 6.85. The average molecular weight is 277 g/mol. The van der Waals surface area contributed by atoms with E-state index < -0.39 is 16.6 Å². The summed E-state index contributed by atoms with van der Waals surface area (Å²) in [4.78, 5) is 0. The lowest BCUT2D eigenvalue weighted by atomic mass is 10.2. The van der Waals surface area contributed by atoms with E-state index in [9.17, 15) is 0 Å². The molecule has 0 heterocycles. The van der Waals surface area contributed by atoms with E-state index in [0.29, 0.717) is 0 Å². The van der Waals surface area contributed by atoms with E-state index in [2.05, 4.69) is 45.9 Å². The lowest BCUT2D eigenvalue weighted by Crippen LogP contribution is -2.46. The number of ether oxygens (including phenoxy) is 1. The van der Waals surface area contributed by atoms with Crippen LogP contribution in [0.25, 0.3) is 0 Å². The van der Waals surface area contributed by atoms with Gasteiger partial charge in [0, 0.05) is 7.11 Å². The van der Waals surface area contributed by atoms with Gasteiger partial charge in [-0.3, -0.25) is 0 Å². The van der Waals surface area contributed by atoms with E-state index in [1.165, 1.54) is 0 Å². The SMILES string of the molecule is C=CCC(OC)C(O[Si](C)(C)C)O[Si](C)(C)C. The molecule has 0 radical (unpaired) electrons. The molecule has 0 amide bonds. The van der Waals surface area contributed by atoms with Gasteiger partial charge in [-0.1, -0.05) is 6.08 Å². The largest absolute Gasteiger partial charge is 0.392 e. The molecule has 0 aliphatic rings. The van der Waals surface area contributed by atoms with Gasteiger partial charge in [-0.2, -0.15) is 0 Å². The Morgan fingerprint density at radius 1 is 1.00 bits per heavy atom. The molecule has 0 aromatic heterocycles. The fraction of sp³-hybridized carbons (Fsp3) is 0.833. The molecule has 0 bridgehead atoms. The molecule has 0 saturated heterocycles. The number of methoxy groups -OCH3 is 1. The predicted octanol–water partition coefficient (Wildman–Crippen LogP) is 3.61. The Bertz CT molecular complexity index is 215. The van der Waals surface area contributed by atoms with Gasteiger partial charge in [0.1, 0.15) is 6.10 Å². The summed E-state index contributed by atoms with van der Waals surface area (Å²) in [6, 6.07) is 0. The zero-order valence-corrected chi connectivity index (χ0v) is 14.4. The third-order valence-electron chi connectivity index (χ3n) is 1.94. The first-order chi connectivity index (χ1) is 7.59. The zero-order chi connectivity index (χ0) is 13.7. The van der Waals surface area contributed by atoms with Crippen molar-refractivity contribution in [3.63, 3.8) is 0 Å². The van der Waals surface area contributed by atoms with Crippen LogP contribution in [0.4, 0.5) is 0 Å². The molecule has 0 aromatic rings. The minimum Gasteiger partial charge on any atom is -0.392 e. The standard InChI is InChI=1S/C12H28O3Si2/c1-9-10-11(13-2)12(14-16(3,4)5)15-17(6,7)8/h9,11-12H,1,10H2,2-8H3. The maximum Gasteiger partial charge on any atom is 0.187 e. The normalized spacial score (nSPS) is 15.1. The molecule has 0 aliphatic carbocycles. The van der Waals surface area contributed by atoms with E-state index in [0.717, 1.165) is 6.42 Å². The molecular formula is C12H28O3Si2. The number of hydrogen-bond donors (Lipinski definition) is 0. The molecule has 3 nitrogen and oxygen atoms in total. The smallest absolute Gasteiger partial charge is 0.187 e. The Hall–Kier alpha value is 0.0538. The lowest BCUT2D eigenvalue weighted by molar-refractivity contribution is -0.109. The highest BCUT2D eigenvalue weighted by Gasteiger charge is 2.32. The summed E-state index contributed by atoms with van der Waals surface area (Å²) >= 11 is 0. The van der Waals surface area contributed by atoms with Gasteiger partial charge in [-0.25, -0.2) is 0 Å². The van der Waals surface area contributed by atoms with Gasteiger partial charge < -0.3 is 13.6 Å². The summed E-state index contributed by atoms with van der Waals surface area (Å²) in [6.45, 7) is 16.7. The highest BCUT2D eigenvalue weighted by Crippen LogP contribution is 2.20. The highest BCUT2D eigenvalue weighted by molar-refractivity contribution is 6.70. The molecule has 0 N–H and O–H groups in total. The van der Waals surface area contributed by atoms with Crippen LogP contribution in [0.15, 0.2) is 12.7 Å². The second-order valence-corrected chi connectivity index (χ2v) is 15.0. The molecule has 1 atom stereocenters. The van der Waals surface area contributed by atoms with E-state index in [-0.39, 0.29) is 12.4 Å². The fourth-order valence-electron chi connectivity index (χ4n) is 1.36. The summed E-state index contributed by atoms with van der Waals surface area (Å²) in [7, 11) is -1.59. The van der Waals surface area contributed by atoms with Crippen molar-refractivity contribution in [3.05, 3.63) is 12.7 Å². The highest BCUT2D eigenvalue weighted by atomic mass is 28.4. The Labute approximate surface area is 108 Å². The van der Waals surface area contributed by atoms with Crippen LogP contribution in [0.3, 0.4) is 0 Å². The second-order valence-electron chi connectivity index (χ2n) is 6.13. The minimum absolute atomic E-state index is 0.0639. The summed E-state index contributed by atoms with van der Waals surface area (Å²) in [5.74, 6) is 0. The van der Waals surface area contributed by atoms with Gasteiger partial charge in [0.15, 0.2) is 22.9 Å². The van der Waals surface area contributed by atoms with Crippen molar-refractivity contribution < 1.29 is 13.6 Å². The maximum atomic E-state index is 6.10. The topological polar surface area (TPSA) is 27.7 Å². The first kappa shape index (κ1) is 17.1. The minimum atomic E-state index is -1.65. The third kappa shape index (κ3) is 8.73. The van der Waals surface area contributed by atoms with E-state index in [1.54, 1.807) is 7.11 Å². The summed E-state index contributed by atoms with van der Waals surface area (Å²) in [5.41, 5.74) is 0. The first-order valence-electron chi connectivity index (χ1n) is 6.08. The van der Waals surface area contributed by atoms with Gasteiger partial charge >= 0.3 is 0 Å². The summed E-state index contributed by atoms with van der Waals surface area (Å²) in [5, 5.41) is 0. The molecule has 5 heteroatoms. The van der Waals surface area contributed by atoms with Crippen molar-refractivity contribution in [2.75, 3.05) is 7.11 Å². The van der Waals surface area contributed by atoms with Crippen molar-refractivity contribution in [2.24, 2.45) is 0 Å². The zero-order valence-electron chi connectivity index (χ0n) is 12.4. The Morgan fingerprint density at radius 2 is 1.41 bits per heavy atom. The fourth-order valence-corrected chi connectivity index (χ4v) is 3.25. The number of hydrogen-bond acceptors (Lipinski definition) is 3. The Kier molecular flexibility index (Phi) is 6.87. The summed E-state index contributed by atoms with van der Waals surface area (Å²) in [6.07, 6.45) is 2.26. The maximum absolute atomic E-state index is 6.10. The van der Waals surface area contributed by atoms with E-state index in [4.69, 9.17) is 13.6 Å². The van der Waals surface area contributed by atoms with Gasteiger partial charge in [0.25, 0.3) is 0 Å². The molecule has 0 aliphatic heterocycles. The van der Waals surface area contributed by atoms with Crippen LogP contribution in [0.1, 0.15) is 6.42 Å². The van der Waals surface area contributed by atoms with Crippen LogP contribution in [-0.2, 0) is 13.6 Å². The Balaban J connectivity index is 4.75. The van der Waals surface area contributed by atoms with Crippen LogP contribution >= 0.6 is 0 Å². The molecule has 17 heavy (non-hydrogen) atoms. The molecule has 0 fully saturated rings. The lowest BCUT2D eigenvalue weighted by Gasteiger charge is -2.35. The van der Waals surface area contributed by atoms with Crippen molar-refractivity contribution in [2.45, 2.75) is 58.1 Å². The first-order valence-corrected chi connectivity index (χ1v) is 12.9. The van der Waals surface area contributed by atoms with Gasteiger partial charge in [-0.15, -0.1) is 6.58 Å². The van der Waals surface area contributed by atoms with Crippen molar-refractivity contribution >= 4 is 16.6 Å². The van der Waals surface area contributed by atoms with Crippen molar-refractivity contribution in [1.82, 2.24) is 0 Å². The Morgan fingerprint density at radius 3 is 1.65 bits per heavy atom. The third-order valence-corrected chi connectivity index (χ3v) is 3.82. The predicted molar refractivity (Wildman–Crippen MR) is 78.3 cm³/mol. The van der Waals surface area contributed by atoms with Crippen LogP contribution < -0.4 is 0 Å². The molecule has 0 aromatic carbocycles. The van der Waals surface area contributed by atoms with Gasteiger partial charge in [0.05, 0.1) is 0 Å². The van der Waals surface area contributed by atoms with Gasteiger partial charge in [0.2, 0.25) is 0 Å². The van der Waals surface area contributed by atoms with Crippen LogP contribution in [-0.4, -0.2) is 36.1 Å². The van der Waals surface area contributed by atoms with Crippen LogP contribution in [0.5, 0.6) is 0 Å². The van der Waals surface area contributed by atoms with E-state index >= 15 is 0 Å². The number of rotatable bonds is 8. The molecular weight excluding hydrogens is 248 g/mol. The molecule has 0 rings (SSSR count). The average Bonchev–Trinajstić information content (AvgIpc) is 2.08. The van der Waals surface area contributed by atoms with Crippen molar-refractivity contribution in [1.29, 1.82) is 0 Å². The summed E-state index contributed by atoms with van der Waals surface area (Å²) < 4.78 is 17.7. The molecule has 102 valence electrons. The van der Waals surface area contributed by atoms with Crippen LogP contribution in [0, 0.1) is 0 Å². The van der Waals surface area contributed by atoms with Crippen LogP contribution in [0.2, 0.25) is 39.3 Å². The quantitative estimate of drug-likeness (QED) is 0.385. The molecule has 0 spiro atoms. The van der Waals surface area contributed by atoms with E-state index in [1.807, 2.05) is 6.08 Å². The monoisotopic (exact) mass is 276 g/mol.